The molecule has 262 valence electrons. The van der Waals surface area contributed by atoms with E-state index in [1.165, 1.54) is 11.3 Å². The standard InChI is InChI=1S/C51H32N4S/c1-5-17-33(18-6-1)36-31-41(34-19-7-2-8-20-34)48-42(32-36)47-40(27-16-30-45(47)56-48)51-53-49(35-21-9-3-10-22-35)52-50(54-51)39-26-15-29-44-46(39)38-25-13-14-28-43(38)55(44)37-23-11-4-12-24-37/h1-32H/i2D,7D,8D,19D,20D. The van der Waals surface area contributed by atoms with E-state index in [2.05, 4.69) is 83.4 Å². The molecule has 0 fully saturated rings. The third-order valence-electron chi connectivity index (χ3n) is 10.3. The van der Waals surface area contributed by atoms with Crippen LogP contribution in [0, 0.1) is 0 Å². The molecular formula is C51H32N4S. The van der Waals surface area contributed by atoms with Crippen LogP contribution in [0.2, 0.25) is 0 Å². The quantitative estimate of drug-likeness (QED) is 0.171. The van der Waals surface area contributed by atoms with Gasteiger partial charge in [0, 0.05) is 58.9 Å². The number of nitrogens with zero attached hydrogens (tertiary/aromatic N) is 4. The van der Waals surface area contributed by atoms with E-state index in [0.29, 0.717) is 23.0 Å². The zero-order valence-corrected chi connectivity index (χ0v) is 30.6. The molecule has 0 amide bonds. The van der Waals surface area contributed by atoms with E-state index in [0.717, 1.165) is 75.5 Å². The number of hydrogen-bond acceptors (Lipinski definition) is 4. The maximum Gasteiger partial charge on any atom is 0.164 e. The van der Waals surface area contributed by atoms with Gasteiger partial charge in [0.25, 0.3) is 0 Å². The van der Waals surface area contributed by atoms with Crippen LogP contribution in [0.5, 0.6) is 0 Å². The lowest BCUT2D eigenvalue weighted by molar-refractivity contribution is 1.08. The van der Waals surface area contributed by atoms with Crippen LogP contribution in [0.15, 0.2) is 194 Å². The molecule has 5 heteroatoms. The van der Waals surface area contributed by atoms with Crippen LogP contribution in [0.1, 0.15) is 6.85 Å². The van der Waals surface area contributed by atoms with Gasteiger partial charge in [-0.15, -0.1) is 11.3 Å². The van der Waals surface area contributed by atoms with Crippen LogP contribution in [0.25, 0.3) is 104 Å². The molecule has 3 heterocycles. The van der Waals surface area contributed by atoms with E-state index in [-0.39, 0.29) is 29.7 Å². The highest BCUT2D eigenvalue weighted by atomic mass is 32.1. The Bertz CT molecular complexity index is 3500. The molecule has 0 unspecified atom stereocenters. The second-order valence-corrected chi connectivity index (χ2v) is 14.7. The SMILES string of the molecule is [2H]c1c([2H])c([2H])c(-c2cc(-c3ccccc3)cc3c2sc2cccc(-c4nc(-c5ccccc5)nc(-c5cccc6c5c5ccccc5n6-c5ccccc5)n4)c23)c([2H])c1[2H]. The molecule has 0 radical (unpaired) electrons. The Labute approximate surface area is 334 Å². The van der Waals surface area contributed by atoms with Crippen molar-refractivity contribution in [1.29, 1.82) is 0 Å². The van der Waals surface area contributed by atoms with Gasteiger partial charge in [0.15, 0.2) is 17.5 Å². The Morgan fingerprint density at radius 1 is 0.429 bits per heavy atom. The summed E-state index contributed by atoms with van der Waals surface area (Å²) in [6, 6.07) is 53.4. The van der Waals surface area contributed by atoms with Crippen LogP contribution >= 0.6 is 11.3 Å². The molecule has 0 aliphatic rings. The lowest BCUT2D eigenvalue weighted by Crippen LogP contribution is -2.01. The molecule has 0 N–H and O–H groups in total. The van der Waals surface area contributed by atoms with E-state index >= 15 is 0 Å². The van der Waals surface area contributed by atoms with Crippen molar-refractivity contribution in [2.24, 2.45) is 0 Å². The lowest BCUT2D eigenvalue weighted by Gasteiger charge is -2.12. The van der Waals surface area contributed by atoms with Crippen LogP contribution < -0.4 is 0 Å². The van der Waals surface area contributed by atoms with Crippen LogP contribution in [0.4, 0.5) is 0 Å². The number of benzene rings is 8. The molecule has 0 spiro atoms. The molecule has 0 saturated carbocycles. The highest BCUT2D eigenvalue weighted by Crippen LogP contribution is 2.46. The van der Waals surface area contributed by atoms with E-state index in [4.69, 9.17) is 21.8 Å². The number of rotatable bonds is 6. The van der Waals surface area contributed by atoms with Gasteiger partial charge in [0.1, 0.15) is 0 Å². The first kappa shape index (κ1) is 27.4. The second-order valence-electron chi connectivity index (χ2n) is 13.6. The number of para-hydroxylation sites is 2. The fraction of sp³-hybridized carbons (Fsp3) is 0. The smallest absolute Gasteiger partial charge is 0.164 e. The Hall–Kier alpha value is -7.21. The molecule has 11 aromatic rings. The normalized spacial score (nSPS) is 12.8. The van der Waals surface area contributed by atoms with Crippen molar-refractivity contribution in [3.8, 4) is 62.1 Å². The van der Waals surface area contributed by atoms with Crippen molar-refractivity contribution in [2.75, 3.05) is 0 Å². The average molecular weight is 738 g/mol. The summed E-state index contributed by atoms with van der Waals surface area (Å²) in [5.41, 5.74) is 8.21. The summed E-state index contributed by atoms with van der Waals surface area (Å²) in [6.45, 7) is 0. The molecule has 56 heavy (non-hydrogen) atoms. The molecule has 8 aromatic carbocycles. The van der Waals surface area contributed by atoms with Gasteiger partial charge in [-0.1, -0.05) is 152 Å². The summed E-state index contributed by atoms with van der Waals surface area (Å²) >= 11 is 1.52. The Kier molecular flexibility index (Phi) is 6.49. The number of aromatic nitrogens is 4. The van der Waals surface area contributed by atoms with Crippen molar-refractivity contribution in [1.82, 2.24) is 19.5 Å². The topological polar surface area (TPSA) is 43.6 Å². The monoisotopic (exact) mass is 737 g/mol. The molecular weight excluding hydrogens is 701 g/mol. The summed E-state index contributed by atoms with van der Waals surface area (Å²) in [4.78, 5) is 15.7. The molecule has 0 aliphatic carbocycles. The fourth-order valence-electron chi connectivity index (χ4n) is 7.88. The highest BCUT2D eigenvalue weighted by molar-refractivity contribution is 7.26. The first-order chi connectivity index (χ1) is 29.9. The second kappa shape index (κ2) is 13.3. The van der Waals surface area contributed by atoms with E-state index < -0.39 is 6.04 Å². The van der Waals surface area contributed by atoms with Crippen molar-refractivity contribution in [3.63, 3.8) is 0 Å². The third-order valence-corrected chi connectivity index (χ3v) is 11.5. The average Bonchev–Trinajstić information content (AvgIpc) is 3.87. The van der Waals surface area contributed by atoms with Crippen LogP contribution in [-0.4, -0.2) is 19.5 Å². The Balaban J connectivity index is 1.22. The van der Waals surface area contributed by atoms with E-state index in [1.54, 1.807) is 0 Å². The van der Waals surface area contributed by atoms with Crippen molar-refractivity contribution in [3.05, 3.63) is 194 Å². The van der Waals surface area contributed by atoms with Gasteiger partial charge >= 0.3 is 0 Å². The van der Waals surface area contributed by atoms with Crippen LogP contribution in [0.3, 0.4) is 0 Å². The van der Waals surface area contributed by atoms with Crippen molar-refractivity contribution >= 4 is 53.3 Å². The van der Waals surface area contributed by atoms with E-state index in [1.807, 2.05) is 84.9 Å². The first-order valence-electron chi connectivity index (χ1n) is 20.9. The Morgan fingerprint density at radius 3 is 1.79 bits per heavy atom. The highest BCUT2D eigenvalue weighted by Gasteiger charge is 2.22. The number of fused-ring (bicyclic) bond motifs is 6. The largest absolute Gasteiger partial charge is 0.309 e. The van der Waals surface area contributed by atoms with Gasteiger partial charge in [0.05, 0.1) is 17.9 Å². The molecule has 11 rings (SSSR count). The maximum atomic E-state index is 9.01. The van der Waals surface area contributed by atoms with Gasteiger partial charge in [-0.05, 0) is 59.2 Å². The molecule has 3 aromatic heterocycles. The van der Waals surface area contributed by atoms with Gasteiger partial charge in [-0.2, -0.15) is 0 Å². The third kappa shape index (κ3) is 5.32. The van der Waals surface area contributed by atoms with E-state index in [9.17, 15) is 0 Å². The van der Waals surface area contributed by atoms with Crippen molar-refractivity contribution < 1.29 is 6.85 Å². The summed E-state index contributed by atoms with van der Waals surface area (Å²) in [5, 5.41) is 3.90. The Morgan fingerprint density at radius 2 is 1.04 bits per heavy atom. The zero-order valence-electron chi connectivity index (χ0n) is 34.8. The lowest BCUT2D eigenvalue weighted by atomic mass is 9.95. The van der Waals surface area contributed by atoms with Gasteiger partial charge in [-0.25, -0.2) is 15.0 Å². The summed E-state index contributed by atoms with van der Waals surface area (Å²) in [5.74, 6) is 1.56. The number of hydrogen-bond donors (Lipinski definition) is 0. The predicted molar refractivity (Wildman–Crippen MR) is 234 cm³/mol. The molecule has 0 saturated heterocycles. The van der Waals surface area contributed by atoms with Gasteiger partial charge in [-0.3, -0.25) is 0 Å². The minimum Gasteiger partial charge on any atom is -0.309 e. The maximum absolute atomic E-state index is 9.01. The fourth-order valence-corrected chi connectivity index (χ4v) is 9.11. The molecule has 0 atom stereocenters. The zero-order chi connectivity index (χ0) is 41.4. The summed E-state index contributed by atoms with van der Waals surface area (Å²) in [7, 11) is 0. The van der Waals surface area contributed by atoms with Gasteiger partial charge < -0.3 is 4.57 Å². The predicted octanol–water partition coefficient (Wildman–Crippen LogP) is 13.7. The van der Waals surface area contributed by atoms with Crippen LogP contribution in [-0.2, 0) is 0 Å². The number of thiophene rings is 1. The molecule has 0 bridgehead atoms. The molecule has 0 aliphatic heterocycles. The first-order valence-corrected chi connectivity index (χ1v) is 19.2. The van der Waals surface area contributed by atoms with Gasteiger partial charge in [0.2, 0.25) is 0 Å². The summed E-state index contributed by atoms with van der Waals surface area (Å²) < 4.78 is 47.5. The summed E-state index contributed by atoms with van der Waals surface area (Å²) in [6.07, 6.45) is 0. The molecule has 4 nitrogen and oxygen atoms in total. The van der Waals surface area contributed by atoms with Crippen molar-refractivity contribution in [2.45, 2.75) is 0 Å². The minimum atomic E-state index is -0.423. The minimum absolute atomic E-state index is 0.165.